The van der Waals surface area contributed by atoms with Gasteiger partial charge in [0.25, 0.3) is 0 Å². The highest BCUT2D eigenvalue weighted by atomic mass is 32.1. The maximum Gasteiger partial charge on any atom is 0.320 e. The van der Waals surface area contributed by atoms with Crippen LogP contribution < -0.4 is 16.4 Å². The van der Waals surface area contributed by atoms with Crippen molar-refractivity contribution in [2.75, 3.05) is 5.32 Å². The number of carbonyl (C=O) groups excluding carboxylic acids is 1. The Hall–Kier alpha value is -2.65. The number of hydrogen-bond donors (Lipinski definition) is 3. The Morgan fingerprint density at radius 3 is 2.65 bits per heavy atom. The number of nitrogens with one attached hydrogen (secondary N) is 2. The van der Waals surface area contributed by atoms with Gasteiger partial charge in [0, 0.05) is 5.39 Å². The normalized spacial score (nSPS) is 11.3. The maximum absolute atomic E-state index is 11.8. The number of nitriles is 1. The van der Waals surface area contributed by atoms with Crippen LogP contribution in [0.5, 0.6) is 0 Å². The second-order valence-corrected chi connectivity index (χ2v) is 4.56. The van der Waals surface area contributed by atoms with Crippen LogP contribution in [0.4, 0.5) is 10.5 Å². The molecule has 0 fully saturated rings. The van der Waals surface area contributed by atoms with Crippen molar-refractivity contribution in [2.24, 2.45) is 5.73 Å². The predicted molar refractivity (Wildman–Crippen MR) is 82.3 cm³/mol. The lowest BCUT2D eigenvalue weighted by molar-refractivity contribution is 0.252. The molecule has 5 nitrogen and oxygen atoms in total. The zero-order valence-electron chi connectivity index (χ0n) is 10.5. The molecule has 0 radical (unpaired) electrons. The van der Waals surface area contributed by atoms with Crippen molar-refractivity contribution in [1.29, 1.82) is 5.26 Å². The van der Waals surface area contributed by atoms with Crippen molar-refractivity contribution in [3.8, 4) is 6.07 Å². The summed E-state index contributed by atoms with van der Waals surface area (Å²) in [6.45, 7) is 0. The molecule has 0 heterocycles. The van der Waals surface area contributed by atoms with Crippen molar-refractivity contribution in [3.05, 3.63) is 42.5 Å². The van der Waals surface area contributed by atoms with E-state index < -0.39 is 12.1 Å². The first-order chi connectivity index (χ1) is 9.61. The van der Waals surface area contributed by atoms with Crippen LogP contribution in [0.2, 0.25) is 0 Å². The Morgan fingerprint density at radius 2 is 1.95 bits per heavy atom. The lowest BCUT2D eigenvalue weighted by atomic mass is 10.1. The zero-order chi connectivity index (χ0) is 14.5. The van der Waals surface area contributed by atoms with Gasteiger partial charge in [-0.3, -0.25) is 0 Å². The highest BCUT2D eigenvalue weighted by Crippen LogP contribution is 2.22. The van der Waals surface area contributed by atoms with Crippen LogP contribution in [0.15, 0.2) is 42.5 Å². The van der Waals surface area contributed by atoms with Gasteiger partial charge in [0.05, 0.1) is 11.8 Å². The van der Waals surface area contributed by atoms with Crippen LogP contribution in [-0.4, -0.2) is 17.1 Å². The van der Waals surface area contributed by atoms with E-state index in [4.69, 9.17) is 11.0 Å². The fourth-order valence-corrected chi connectivity index (χ4v) is 1.90. The average molecular weight is 284 g/mol. The Bertz CT molecular complexity index is 702. The SMILES string of the molecule is N#CC(NC(=O)Nc1cccc2ccccc12)C(N)=S. The molecule has 4 N–H and O–H groups in total. The summed E-state index contributed by atoms with van der Waals surface area (Å²) < 4.78 is 0. The number of nitrogens with two attached hydrogens (primary N) is 1. The molecule has 2 aromatic carbocycles. The minimum absolute atomic E-state index is 0.0689. The molecule has 0 aliphatic carbocycles. The topological polar surface area (TPSA) is 90.9 Å². The molecule has 0 spiro atoms. The van der Waals surface area contributed by atoms with E-state index in [1.165, 1.54) is 0 Å². The quantitative estimate of drug-likeness (QED) is 0.753. The van der Waals surface area contributed by atoms with Gasteiger partial charge in [-0.05, 0) is 11.5 Å². The summed E-state index contributed by atoms with van der Waals surface area (Å²) in [6, 6.07) is 13.5. The lowest BCUT2D eigenvalue weighted by Crippen LogP contribution is -2.44. The first-order valence-electron chi connectivity index (χ1n) is 5.86. The summed E-state index contributed by atoms with van der Waals surface area (Å²) in [7, 11) is 0. The molecular weight excluding hydrogens is 272 g/mol. The molecule has 0 bridgehead atoms. The van der Waals surface area contributed by atoms with Crippen LogP contribution >= 0.6 is 12.2 Å². The number of hydrogen-bond acceptors (Lipinski definition) is 3. The molecule has 20 heavy (non-hydrogen) atoms. The van der Waals surface area contributed by atoms with Crippen molar-refractivity contribution in [1.82, 2.24) is 5.32 Å². The monoisotopic (exact) mass is 284 g/mol. The smallest absolute Gasteiger partial charge is 0.320 e. The first kappa shape index (κ1) is 13.8. The van der Waals surface area contributed by atoms with Crippen molar-refractivity contribution in [2.45, 2.75) is 6.04 Å². The number of nitrogens with zero attached hydrogens (tertiary/aromatic N) is 1. The summed E-state index contributed by atoms with van der Waals surface area (Å²) in [5.74, 6) is 0. The summed E-state index contributed by atoms with van der Waals surface area (Å²) in [5, 5.41) is 15.8. The van der Waals surface area contributed by atoms with Gasteiger partial charge in [0.15, 0.2) is 6.04 Å². The molecule has 100 valence electrons. The summed E-state index contributed by atoms with van der Waals surface area (Å²) in [6.07, 6.45) is 0. The molecule has 0 saturated carbocycles. The van der Waals surface area contributed by atoms with Crippen molar-refractivity contribution < 1.29 is 4.79 Å². The van der Waals surface area contributed by atoms with E-state index >= 15 is 0 Å². The van der Waals surface area contributed by atoms with Crippen LogP contribution in [0.25, 0.3) is 10.8 Å². The molecule has 0 aromatic heterocycles. The van der Waals surface area contributed by atoms with Gasteiger partial charge < -0.3 is 16.4 Å². The van der Waals surface area contributed by atoms with Crippen LogP contribution in [-0.2, 0) is 0 Å². The number of rotatable bonds is 3. The third-order valence-corrected chi connectivity index (χ3v) is 2.96. The van der Waals surface area contributed by atoms with Gasteiger partial charge in [-0.25, -0.2) is 4.79 Å². The van der Waals surface area contributed by atoms with Crippen LogP contribution in [0.1, 0.15) is 0 Å². The number of amides is 2. The number of carbonyl (C=O) groups is 1. The molecule has 0 aliphatic heterocycles. The highest BCUT2D eigenvalue weighted by Gasteiger charge is 2.14. The standard InChI is InChI=1S/C14H12N4OS/c15-8-12(13(16)20)18-14(19)17-11-7-3-5-9-4-1-2-6-10(9)11/h1-7,12H,(H2,16,20)(H2,17,18,19). The second-order valence-electron chi connectivity index (χ2n) is 4.09. The van der Waals surface area contributed by atoms with E-state index in [0.717, 1.165) is 10.8 Å². The van der Waals surface area contributed by atoms with E-state index in [9.17, 15) is 4.79 Å². The molecule has 2 aromatic rings. The van der Waals surface area contributed by atoms with Crippen molar-refractivity contribution >= 4 is 39.7 Å². The van der Waals surface area contributed by atoms with Gasteiger partial charge in [-0.2, -0.15) is 5.26 Å². The third kappa shape index (κ3) is 3.02. The van der Waals surface area contributed by atoms with E-state index in [2.05, 4.69) is 22.9 Å². The van der Waals surface area contributed by atoms with Crippen LogP contribution in [0, 0.1) is 11.3 Å². The minimum atomic E-state index is -0.986. The Kier molecular flexibility index (Phi) is 4.13. The first-order valence-corrected chi connectivity index (χ1v) is 6.27. The van der Waals surface area contributed by atoms with Crippen molar-refractivity contribution in [3.63, 3.8) is 0 Å². The third-order valence-electron chi connectivity index (χ3n) is 2.73. The maximum atomic E-state index is 11.8. The number of benzene rings is 2. The summed E-state index contributed by atoms with van der Waals surface area (Å²) in [4.78, 5) is 11.8. The summed E-state index contributed by atoms with van der Waals surface area (Å²) >= 11 is 4.69. The summed E-state index contributed by atoms with van der Waals surface area (Å²) in [5.41, 5.74) is 6.00. The number of thiocarbonyl (C=S) groups is 1. The van der Waals surface area contributed by atoms with Gasteiger partial charge in [-0.1, -0.05) is 48.6 Å². The van der Waals surface area contributed by atoms with Crippen LogP contribution in [0.3, 0.4) is 0 Å². The molecule has 2 rings (SSSR count). The highest BCUT2D eigenvalue weighted by molar-refractivity contribution is 7.80. The van der Waals surface area contributed by atoms with E-state index in [0.29, 0.717) is 5.69 Å². The number of urea groups is 1. The Labute approximate surface area is 121 Å². The molecule has 1 unspecified atom stereocenters. The van der Waals surface area contributed by atoms with Gasteiger partial charge in [0.1, 0.15) is 4.99 Å². The molecule has 2 amide bonds. The van der Waals surface area contributed by atoms with E-state index in [1.54, 1.807) is 6.07 Å². The fraction of sp³-hybridized carbons (Fsp3) is 0.0714. The number of anilines is 1. The fourth-order valence-electron chi connectivity index (χ4n) is 1.79. The molecule has 6 heteroatoms. The Morgan fingerprint density at radius 1 is 1.25 bits per heavy atom. The van der Waals surface area contributed by atoms with Gasteiger partial charge >= 0.3 is 6.03 Å². The molecule has 0 aliphatic rings. The molecule has 0 saturated heterocycles. The zero-order valence-corrected chi connectivity index (χ0v) is 11.3. The number of fused-ring (bicyclic) bond motifs is 1. The Balaban J connectivity index is 2.19. The van der Waals surface area contributed by atoms with Gasteiger partial charge in [-0.15, -0.1) is 0 Å². The average Bonchev–Trinajstić information content (AvgIpc) is 2.45. The molecule has 1 atom stereocenters. The lowest BCUT2D eigenvalue weighted by Gasteiger charge is -2.12. The molecular formula is C14H12N4OS. The second kappa shape index (κ2) is 5.99. The van der Waals surface area contributed by atoms with Gasteiger partial charge in [0.2, 0.25) is 0 Å². The minimum Gasteiger partial charge on any atom is -0.391 e. The van der Waals surface area contributed by atoms with E-state index in [-0.39, 0.29) is 4.99 Å². The predicted octanol–water partition coefficient (Wildman–Crippen LogP) is 2.14. The van der Waals surface area contributed by atoms with E-state index in [1.807, 2.05) is 42.5 Å². The largest absolute Gasteiger partial charge is 0.391 e.